The van der Waals surface area contributed by atoms with Crippen molar-refractivity contribution >= 4 is 34.6 Å². The lowest BCUT2D eigenvalue weighted by atomic mass is 10.0. The highest BCUT2D eigenvalue weighted by Crippen LogP contribution is 2.24. The van der Waals surface area contributed by atoms with E-state index in [4.69, 9.17) is 10.5 Å². The van der Waals surface area contributed by atoms with Crippen LogP contribution in [0.1, 0.15) is 57.9 Å². The number of benzene rings is 1. The second-order valence-corrected chi connectivity index (χ2v) is 9.31. The molecule has 9 nitrogen and oxygen atoms in total. The van der Waals surface area contributed by atoms with E-state index >= 15 is 0 Å². The van der Waals surface area contributed by atoms with Gasteiger partial charge in [-0.1, -0.05) is 32.6 Å². The number of esters is 1. The van der Waals surface area contributed by atoms with E-state index < -0.39 is 30.2 Å². The number of pyridine rings is 1. The molecule has 4 N–H and O–H groups in total. The Kier molecular flexibility index (Phi) is 8.58. The normalized spacial score (nSPS) is 18.6. The Hall–Kier alpha value is -3.30. The molecule has 2 aromatic rings. The van der Waals surface area contributed by atoms with E-state index in [9.17, 15) is 14.4 Å². The van der Waals surface area contributed by atoms with Crippen LogP contribution >= 0.6 is 0 Å². The summed E-state index contributed by atoms with van der Waals surface area (Å²) in [5.74, 6) is -1.19. The van der Waals surface area contributed by atoms with Gasteiger partial charge in [-0.05, 0) is 61.8 Å². The number of carbonyl (C=O) groups is 3. The summed E-state index contributed by atoms with van der Waals surface area (Å²) in [6, 6.07) is 5.62. The first-order valence-corrected chi connectivity index (χ1v) is 12.0. The van der Waals surface area contributed by atoms with Gasteiger partial charge in [0.05, 0.1) is 11.7 Å². The molecule has 0 unspecified atom stereocenters. The third-order valence-electron chi connectivity index (χ3n) is 6.23. The lowest BCUT2D eigenvalue weighted by Gasteiger charge is -2.35. The summed E-state index contributed by atoms with van der Waals surface area (Å²) in [7, 11) is 0. The van der Waals surface area contributed by atoms with Gasteiger partial charge in [0.1, 0.15) is 18.2 Å². The van der Waals surface area contributed by atoms with Crippen molar-refractivity contribution < 1.29 is 19.1 Å². The van der Waals surface area contributed by atoms with Crippen molar-refractivity contribution in [2.75, 3.05) is 6.54 Å². The molecule has 3 rings (SSSR count). The predicted molar refractivity (Wildman–Crippen MR) is 135 cm³/mol. The minimum atomic E-state index is -0.777. The zero-order chi connectivity index (χ0) is 25.7. The van der Waals surface area contributed by atoms with Crippen molar-refractivity contribution in [3.05, 3.63) is 48.3 Å². The monoisotopic (exact) mass is 481 g/mol. The number of ether oxygens (including phenoxy) is 1. The number of nitrogens with two attached hydrogens (primary N) is 1. The minimum absolute atomic E-state index is 0.0464. The Morgan fingerprint density at radius 2 is 1.97 bits per heavy atom. The minimum Gasteiger partial charge on any atom is -0.457 e. The molecule has 1 aliphatic rings. The number of amides is 2. The first kappa shape index (κ1) is 26.3. The van der Waals surface area contributed by atoms with E-state index in [0.717, 1.165) is 22.0 Å². The molecule has 0 radical (unpaired) electrons. The maximum atomic E-state index is 12.9. The molecule has 2 amide bonds. The van der Waals surface area contributed by atoms with Gasteiger partial charge in [0.2, 0.25) is 5.91 Å². The molecule has 0 aliphatic carbocycles. The van der Waals surface area contributed by atoms with Crippen LogP contribution in [-0.4, -0.2) is 52.4 Å². The van der Waals surface area contributed by atoms with Crippen LogP contribution in [0.2, 0.25) is 0 Å². The van der Waals surface area contributed by atoms with Crippen molar-refractivity contribution in [1.82, 2.24) is 20.7 Å². The van der Waals surface area contributed by atoms with Crippen LogP contribution in [0.5, 0.6) is 0 Å². The van der Waals surface area contributed by atoms with Crippen LogP contribution in [0.15, 0.2) is 37.0 Å². The third kappa shape index (κ3) is 6.43. The number of hydrogen-bond donors (Lipinski definition) is 3. The summed E-state index contributed by atoms with van der Waals surface area (Å²) in [5, 5.41) is 6.00. The van der Waals surface area contributed by atoms with E-state index in [-0.39, 0.29) is 17.7 Å². The summed E-state index contributed by atoms with van der Waals surface area (Å²) in [6.45, 7) is 11.3. The van der Waals surface area contributed by atoms with Crippen molar-refractivity contribution in [2.24, 2.45) is 11.7 Å². The standard InChI is InChI=1S/C26H35N5O4/c1-6-21-13-20-12-18(9-10-19(20)14-28-21)17(5)35-26(34)22-8-7-11-31(30-22)25(33)16(4)29-24(32)23(27)15(2)3/h6,9-10,12-17,22-23,30H,1,7-8,11,27H2,2-5H3,(H,29,32)/t16-,17+,22-,23-/m0/s1. The van der Waals surface area contributed by atoms with E-state index in [0.29, 0.717) is 19.4 Å². The number of carbonyl (C=O) groups excluding carboxylic acids is 3. The highest BCUT2D eigenvalue weighted by atomic mass is 16.5. The molecular formula is C26H35N5O4. The summed E-state index contributed by atoms with van der Waals surface area (Å²) >= 11 is 0. The third-order valence-corrected chi connectivity index (χ3v) is 6.23. The summed E-state index contributed by atoms with van der Waals surface area (Å²) in [4.78, 5) is 42.3. The SMILES string of the molecule is C=Cc1cc2cc([C@@H](C)OC(=O)[C@@H]3CCCN(C(=O)[C@H](C)NC(=O)[C@@H](N)C(C)C)N3)ccc2cn1. The maximum Gasteiger partial charge on any atom is 0.325 e. The van der Waals surface area contributed by atoms with Gasteiger partial charge in [0, 0.05) is 18.1 Å². The Morgan fingerprint density at radius 3 is 2.66 bits per heavy atom. The number of hydrogen-bond acceptors (Lipinski definition) is 7. The van der Waals surface area contributed by atoms with Crippen LogP contribution in [0, 0.1) is 5.92 Å². The highest BCUT2D eigenvalue weighted by Gasteiger charge is 2.33. The first-order valence-electron chi connectivity index (χ1n) is 12.0. The van der Waals surface area contributed by atoms with Crippen molar-refractivity contribution in [2.45, 2.75) is 64.8 Å². The lowest BCUT2D eigenvalue weighted by molar-refractivity contribution is -0.157. The number of nitrogens with one attached hydrogen (secondary N) is 2. The molecule has 0 spiro atoms. The van der Waals surface area contributed by atoms with Gasteiger partial charge in [-0.15, -0.1) is 0 Å². The summed E-state index contributed by atoms with van der Waals surface area (Å²) < 4.78 is 5.73. The Balaban J connectivity index is 1.60. The van der Waals surface area contributed by atoms with E-state index in [2.05, 4.69) is 22.3 Å². The molecule has 0 bridgehead atoms. The van der Waals surface area contributed by atoms with Gasteiger partial charge in [0.25, 0.3) is 5.91 Å². The van der Waals surface area contributed by atoms with Gasteiger partial charge >= 0.3 is 5.97 Å². The van der Waals surface area contributed by atoms with E-state index in [1.807, 2.05) is 45.0 Å². The number of fused-ring (bicyclic) bond motifs is 1. The molecule has 188 valence electrons. The molecule has 1 aromatic heterocycles. The molecule has 0 saturated carbocycles. The smallest absolute Gasteiger partial charge is 0.325 e. The highest BCUT2D eigenvalue weighted by molar-refractivity contribution is 5.89. The molecule has 2 heterocycles. The lowest BCUT2D eigenvalue weighted by Crippen LogP contribution is -2.60. The quantitative estimate of drug-likeness (QED) is 0.494. The van der Waals surface area contributed by atoms with Gasteiger partial charge in [0.15, 0.2) is 0 Å². The summed E-state index contributed by atoms with van der Waals surface area (Å²) in [5.41, 5.74) is 10.5. The van der Waals surface area contributed by atoms with Gasteiger partial charge in [-0.2, -0.15) is 0 Å². The van der Waals surface area contributed by atoms with Crippen LogP contribution in [-0.2, 0) is 19.1 Å². The van der Waals surface area contributed by atoms with Crippen LogP contribution < -0.4 is 16.5 Å². The Labute approximate surface area is 206 Å². The zero-order valence-electron chi connectivity index (χ0n) is 20.8. The van der Waals surface area contributed by atoms with Crippen LogP contribution in [0.3, 0.4) is 0 Å². The number of rotatable bonds is 8. The number of nitrogens with zero attached hydrogens (tertiary/aromatic N) is 2. The first-order chi connectivity index (χ1) is 16.6. The molecule has 9 heteroatoms. The fourth-order valence-electron chi connectivity index (χ4n) is 3.89. The second-order valence-electron chi connectivity index (χ2n) is 9.31. The molecule has 35 heavy (non-hydrogen) atoms. The van der Waals surface area contributed by atoms with Crippen molar-refractivity contribution in [3.63, 3.8) is 0 Å². The molecule has 1 saturated heterocycles. The fourth-order valence-corrected chi connectivity index (χ4v) is 3.89. The van der Waals surface area contributed by atoms with Crippen molar-refractivity contribution in [3.8, 4) is 0 Å². The fraction of sp³-hybridized carbons (Fsp3) is 0.462. The largest absolute Gasteiger partial charge is 0.457 e. The predicted octanol–water partition coefficient (Wildman–Crippen LogP) is 2.47. The Bertz CT molecular complexity index is 1100. The Morgan fingerprint density at radius 1 is 1.23 bits per heavy atom. The topological polar surface area (TPSA) is 127 Å². The number of hydrazine groups is 1. The average molecular weight is 482 g/mol. The molecule has 4 atom stereocenters. The van der Waals surface area contributed by atoms with Gasteiger partial charge in [-0.25, -0.2) is 5.43 Å². The van der Waals surface area contributed by atoms with Crippen LogP contribution in [0.25, 0.3) is 16.8 Å². The van der Waals surface area contributed by atoms with Crippen molar-refractivity contribution in [1.29, 1.82) is 0 Å². The second kappa shape index (κ2) is 11.4. The van der Waals surface area contributed by atoms with E-state index in [1.54, 1.807) is 19.2 Å². The van der Waals surface area contributed by atoms with E-state index in [1.165, 1.54) is 5.01 Å². The van der Waals surface area contributed by atoms with Crippen LogP contribution in [0.4, 0.5) is 0 Å². The molecular weight excluding hydrogens is 446 g/mol. The average Bonchev–Trinajstić information content (AvgIpc) is 2.86. The maximum absolute atomic E-state index is 12.9. The zero-order valence-corrected chi connectivity index (χ0v) is 20.8. The summed E-state index contributed by atoms with van der Waals surface area (Å²) in [6.07, 6.45) is 4.16. The molecule has 1 aliphatic heterocycles. The van der Waals surface area contributed by atoms with Gasteiger partial charge < -0.3 is 15.8 Å². The number of aromatic nitrogens is 1. The van der Waals surface area contributed by atoms with Gasteiger partial charge in [-0.3, -0.25) is 24.4 Å². The molecule has 1 aromatic carbocycles. The molecule has 1 fully saturated rings.